The first-order valence-corrected chi connectivity index (χ1v) is 5.89. The lowest BCUT2D eigenvalue weighted by atomic mass is 10.1. The minimum atomic E-state index is -1.10. The van der Waals surface area contributed by atoms with Gasteiger partial charge in [-0.25, -0.2) is 4.79 Å². The van der Waals surface area contributed by atoms with Crippen molar-refractivity contribution in [2.45, 2.75) is 6.92 Å². The Balaban J connectivity index is 2.47. The maximum atomic E-state index is 11.3. The number of carboxylic acids is 1. The fraction of sp³-hybridized carbons (Fsp3) is 0.0667. The van der Waals surface area contributed by atoms with E-state index >= 15 is 0 Å². The number of carbonyl (C=O) groups is 2. The molecule has 0 fully saturated rings. The smallest absolute Gasteiger partial charge is 0.339 e. The quantitative estimate of drug-likeness (QED) is 0.894. The largest absolute Gasteiger partial charge is 0.478 e. The van der Waals surface area contributed by atoms with Crippen molar-refractivity contribution in [3.8, 4) is 11.5 Å². The summed E-state index contributed by atoms with van der Waals surface area (Å²) in [5.41, 5.74) is 6.33. The number of amides is 1. The molecular weight excluding hydrogens is 258 g/mol. The lowest BCUT2D eigenvalue weighted by molar-refractivity contribution is 0.0694. The van der Waals surface area contributed by atoms with Crippen LogP contribution in [0.15, 0.2) is 42.5 Å². The van der Waals surface area contributed by atoms with Gasteiger partial charge in [-0.05, 0) is 36.8 Å². The van der Waals surface area contributed by atoms with Gasteiger partial charge in [-0.2, -0.15) is 0 Å². The van der Waals surface area contributed by atoms with Gasteiger partial charge < -0.3 is 15.6 Å². The van der Waals surface area contributed by atoms with Gasteiger partial charge in [-0.3, -0.25) is 4.79 Å². The zero-order chi connectivity index (χ0) is 14.7. The molecule has 0 saturated heterocycles. The summed E-state index contributed by atoms with van der Waals surface area (Å²) in [6.07, 6.45) is 0. The van der Waals surface area contributed by atoms with Crippen molar-refractivity contribution in [2.75, 3.05) is 0 Å². The van der Waals surface area contributed by atoms with Gasteiger partial charge in [0.15, 0.2) is 0 Å². The van der Waals surface area contributed by atoms with Crippen LogP contribution in [0.1, 0.15) is 26.3 Å². The molecule has 0 aliphatic carbocycles. The maximum absolute atomic E-state index is 11.3. The van der Waals surface area contributed by atoms with Crippen molar-refractivity contribution in [3.63, 3.8) is 0 Å². The maximum Gasteiger partial charge on any atom is 0.339 e. The Morgan fingerprint density at radius 2 is 1.75 bits per heavy atom. The summed E-state index contributed by atoms with van der Waals surface area (Å²) in [4.78, 5) is 22.5. The lowest BCUT2D eigenvalue weighted by Crippen LogP contribution is -2.12. The molecule has 2 aromatic rings. The number of aromatic carboxylic acids is 1. The molecule has 0 aromatic heterocycles. The third-order valence-electron chi connectivity index (χ3n) is 2.74. The molecule has 20 heavy (non-hydrogen) atoms. The standard InChI is InChI=1S/C15H13NO4/c1-9-6-7-11(15(18)19)13(8-9)20-12-5-3-2-4-10(12)14(16)17/h2-8H,1H3,(H2,16,17)(H,18,19). The number of carboxylic acid groups (broad SMARTS) is 1. The minimum absolute atomic E-state index is 0.0230. The Hall–Kier alpha value is -2.82. The molecule has 0 aliphatic rings. The molecule has 2 aromatic carbocycles. The molecular formula is C15H13NO4. The number of aryl methyl sites for hydroxylation is 1. The molecule has 3 N–H and O–H groups in total. The Morgan fingerprint density at radius 1 is 1.05 bits per heavy atom. The number of benzene rings is 2. The van der Waals surface area contributed by atoms with Gasteiger partial charge in [0.1, 0.15) is 17.1 Å². The average molecular weight is 271 g/mol. The molecule has 102 valence electrons. The molecule has 0 atom stereocenters. The summed E-state index contributed by atoms with van der Waals surface area (Å²) in [5, 5.41) is 9.14. The van der Waals surface area contributed by atoms with Gasteiger partial charge >= 0.3 is 5.97 Å². The van der Waals surface area contributed by atoms with E-state index in [1.165, 1.54) is 12.1 Å². The van der Waals surface area contributed by atoms with E-state index in [0.29, 0.717) is 0 Å². The molecule has 1 amide bonds. The van der Waals surface area contributed by atoms with E-state index in [1.54, 1.807) is 30.3 Å². The molecule has 0 spiro atoms. The van der Waals surface area contributed by atoms with Gasteiger partial charge in [0.2, 0.25) is 0 Å². The number of rotatable bonds is 4. The highest BCUT2D eigenvalue weighted by Gasteiger charge is 2.15. The summed E-state index contributed by atoms with van der Waals surface area (Å²) in [6.45, 7) is 1.82. The van der Waals surface area contributed by atoms with Gasteiger partial charge in [-0.1, -0.05) is 18.2 Å². The molecule has 5 heteroatoms. The van der Waals surface area contributed by atoms with Crippen molar-refractivity contribution >= 4 is 11.9 Å². The van der Waals surface area contributed by atoms with E-state index in [2.05, 4.69) is 0 Å². The highest BCUT2D eigenvalue weighted by atomic mass is 16.5. The second-order valence-corrected chi connectivity index (χ2v) is 4.27. The van der Waals surface area contributed by atoms with Crippen LogP contribution in [0.5, 0.6) is 11.5 Å². The number of para-hydroxylation sites is 1. The third-order valence-corrected chi connectivity index (χ3v) is 2.74. The predicted octanol–water partition coefficient (Wildman–Crippen LogP) is 2.58. The Bertz CT molecular complexity index is 679. The number of carbonyl (C=O) groups excluding carboxylic acids is 1. The van der Waals surface area contributed by atoms with Crippen LogP contribution < -0.4 is 10.5 Å². The Morgan fingerprint density at radius 3 is 2.40 bits per heavy atom. The number of primary amides is 1. The first-order chi connectivity index (χ1) is 9.49. The topological polar surface area (TPSA) is 89.6 Å². The molecule has 0 saturated carbocycles. The summed E-state index contributed by atoms with van der Waals surface area (Å²) in [7, 11) is 0. The number of ether oxygens (including phenoxy) is 1. The van der Waals surface area contributed by atoms with E-state index in [1.807, 2.05) is 6.92 Å². The van der Waals surface area contributed by atoms with Crippen LogP contribution in [0.2, 0.25) is 0 Å². The van der Waals surface area contributed by atoms with E-state index in [-0.39, 0.29) is 22.6 Å². The van der Waals surface area contributed by atoms with Crippen molar-refractivity contribution in [2.24, 2.45) is 5.73 Å². The summed E-state index contributed by atoms with van der Waals surface area (Å²) in [6, 6.07) is 11.2. The molecule has 5 nitrogen and oxygen atoms in total. The Kier molecular flexibility index (Phi) is 3.70. The fourth-order valence-electron chi connectivity index (χ4n) is 1.77. The normalized spacial score (nSPS) is 10.1. The molecule has 0 aliphatic heterocycles. The Labute approximate surface area is 115 Å². The van der Waals surface area contributed by atoms with Crippen LogP contribution in [-0.2, 0) is 0 Å². The zero-order valence-electron chi connectivity index (χ0n) is 10.8. The van der Waals surface area contributed by atoms with E-state index in [4.69, 9.17) is 15.6 Å². The highest BCUT2D eigenvalue weighted by Crippen LogP contribution is 2.29. The van der Waals surface area contributed by atoms with Crippen molar-refractivity contribution < 1.29 is 19.4 Å². The van der Waals surface area contributed by atoms with Gasteiger partial charge in [-0.15, -0.1) is 0 Å². The van der Waals surface area contributed by atoms with Crippen LogP contribution in [-0.4, -0.2) is 17.0 Å². The zero-order valence-corrected chi connectivity index (χ0v) is 10.8. The van der Waals surface area contributed by atoms with Crippen LogP contribution in [0, 0.1) is 6.92 Å². The van der Waals surface area contributed by atoms with E-state index < -0.39 is 11.9 Å². The van der Waals surface area contributed by atoms with Crippen LogP contribution >= 0.6 is 0 Å². The third kappa shape index (κ3) is 2.77. The van der Waals surface area contributed by atoms with Gasteiger partial charge in [0.05, 0.1) is 5.56 Å². The summed E-state index contributed by atoms with van der Waals surface area (Å²) >= 11 is 0. The summed E-state index contributed by atoms with van der Waals surface area (Å²) in [5.74, 6) is -1.33. The predicted molar refractivity (Wildman–Crippen MR) is 73.2 cm³/mol. The average Bonchev–Trinajstić information content (AvgIpc) is 2.38. The summed E-state index contributed by atoms with van der Waals surface area (Å²) < 4.78 is 5.56. The van der Waals surface area contributed by atoms with Crippen LogP contribution in [0.25, 0.3) is 0 Å². The van der Waals surface area contributed by atoms with Crippen molar-refractivity contribution in [1.29, 1.82) is 0 Å². The first-order valence-electron chi connectivity index (χ1n) is 5.89. The highest BCUT2D eigenvalue weighted by molar-refractivity contribution is 5.96. The van der Waals surface area contributed by atoms with Crippen LogP contribution in [0.4, 0.5) is 0 Å². The molecule has 0 heterocycles. The SMILES string of the molecule is Cc1ccc(C(=O)O)c(Oc2ccccc2C(N)=O)c1. The van der Waals surface area contributed by atoms with Crippen molar-refractivity contribution in [1.82, 2.24) is 0 Å². The number of hydrogen-bond acceptors (Lipinski definition) is 3. The minimum Gasteiger partial charge on any atom is -0.478 e. The molecule has 0 unspecified atom stereocenters. The van der Waals surface area contributed by atoms with E-state index in [0.717, 1.165) is 5.56 Å². The van der Waals surface area contributed by atoms with Crippen LogP contribution in [0.3, 0.4) is 0 Å². The van der Waals surface area contributed by atoms with Crippen molar-refractivity contribution in [3.05, 3.63) is 59.2 Å². The molecule has 0 bridgehead atoms. The second kappa shape index (κ2) is 5.44. The number of hydrogen-bond donors (Lipinski definition) is 2. The molecule has 2 rings (SSSR count). The van der Waals surface area contributed by atoms with E-state index in [9.17, 15) is 9.59 Å². The molecule has 0 radical (unpaired) electrons. The monoisotopic (exact) mass is 271 g/mol. The van der Waals surface area contributed by atoms with Gasteiger partial charge in [0, 0.05) is 0 Å². The lowest BCUT2D eigenvalue weighted by Gasteiger charge is -2.11. The first kappa shape index (κ1) is 13.6. The van der Waals surface area contributed by atoms with Gasteiger partial charge in [0.25, 0.3) is 5.91 Å². The number of nitrogens with two attached hydrogens (primary N) is 1. The fourth-order valence-corrected chi connectivity index (χ4v) is 1.77. The second-order valence-electron chi connectivity index (χ2n) is 4.27.